The lowest BCUT2D eigenvalue weighted by Gasteiger charge is -2.17. The van der Waals surface area contributed by atoms with Crippen molar-refractivity contribution in [1.29, 1.82) is 0 Å². The summed E-state index contributed by atoms with van der Waals surface area (Å²) in [5, 5.41) is 12.1. The van der Waals surface area contributed by atoms with Crippen molar-refractivity contribution in [1.82, 2.24) is 5.32 Å². The molecule has 0 bridgehead atoms. The topological polar surface area (TPSA) is 58.6 Å². The fraction of sp³-hybridized carbons (Fsp3) is 0.417. The number of nitrogens with one attached hydrogen (secondary N) is 1. The van der Waals surface area contributed by atoms with Crippen molar-refractivity contribution < 1.29 is 19.0 Å². The molecule has 0 saturated heterocycles. The monoisotopic (exact) mass is 275 g/mol. The van der Waals surface area contributed by atoms with Gasteiger partial charge in [-0.2, -0.15) is 0 Å². The first-order valence-corrected chi connectivity index (χ1v) is 5.96. The first-order valence-electron chi connectivity index (χ1n) is 5.42. The Morgan fingerprint density at radius 2 is 2.33 bits per heavy atom. The maximum absolute atomic E-state index is 13.0. The molecular weight excluding hydrogens is 261 g/mol. The molecule has 100 valence electrons. The summed E-state index contributed by atoms with van der Waals surface area (Å²) in [4.78, 5) is 11.8. The molecule has 2 N–H and O–H groups in total. The first-order chi connectivity index (χ1) is 8.58. The smallest absolute Gasteiger partial charge is 0.255 e. The number of aromatic hydroxyl groups is 1. The van der Waals surface area contributed by atoms with Gasteiger partial charge in [-0.15, -0.1) is 11.6 Å². The van der Waals surface area contributed by atoms with E-state index in [4.69, 9.17) is 16.3 Å². The van der Waals surface area contributed by atoms with Gasteiger partial charge in [-0.25, -0.2) is 4.39 Å². The molecule has 0 aromatic heterocycles. The molecule has 1 amide bonds. The second-order valence-electron chi connectivity index (χ2n) is 3.76. The van der Waals surface area contributed by atoms with E-state index in [1.165, 1.54) is 7.11 Å². The molecule has 1 aromatic carbocycles. The highest BCUT2D eigenvalue weighted by molar-refractivity contribution is 6.17. The Hall–Kier alpha value is -1.33. The van der Waals surface area contributed by atoms with Crippen molar-refractivity contribution in [2.45, 2.75) is 12.5 Å². The minimum absolute atomic E-state index is 0.106. The summed E-state index contributed by atoms with van der Waals surface area (Å²) in [5.41, 5.74) is -0.106. The third-order valence-corrected chi connectivity index (χ3v) is 2.58. The van der Waals surface area contributed by atoms with E-state index in [0.29, 0.717) is 18.9 Å². The van der Waals surface area contributed by atoms with Gasteiger partial charge in [0.2, 0.25) is 0 Å². The number of benzene rings is 1. The quantitative estimate of drug-likeness (QED) is 0.780. The Morgan fingerprint density at radius 1 is 1.61 bits per heavy atom. The molecule has 0 saturated carbocycles. The van der Waals surface area contributed by atoms with Crippen molar-refractivity contribution in [3.63, 3.8) is 0 Å². The average molecular weight is 276 g/mol. The van der Waals surface area contributed by atoms with Crippen LogP contribution in [0, 0.1) is 5.82 Å². The molecule has 1 unspecified atom stereocenters. The highest BCUT2D eigenvalue weighted by Crippen LogP contribution is 2.17. The second-order valence-corrected chi connectivity index (χ2v) is 4.14. The van der Waals surface area contributed by atoms with Gasteiger partial charge in [0.1, 0.15) is 11.6 Å². The summed E-state index contributed by atoms with van der Waals surface area (Å²) in [6, 6.07) is 2.92. The molecule has 0 aliphatic rings. The standard InChI is InChI=1S/C12H15ClFNO3/c1-18-7-9(4-5-13)15-12(17)10-6-8(14)2-3-11(10)16/h2-3,6,9,16H,4-5,7H2,1H3,(H,15,17). The van der Waals surface area contributed by atoms with Crippen molar-refractivity contribution in [3.05, 3.63) is 29.6 Å². The number of carbonyl (C=O) groups is 1. The third kappa shape index (κ3) is 4.16. The lowest BCUT2D eigenvalue weighted by Crippen LogP contribution is -2.38. The van der Waals surface area contributed by atoms with E-state index in [0.717, 1.165) is 18.2 Å². The number of phenols is 1. The molecular formula is C12H15ClFNO3. The number of alkyl halides is 1. The van der Waals surface area contributed by atoms with E-state index in [-0.39, 0.29) is 17.4 Å². The third-order valence-electron chi connectivity index (χ3n) is 2.36. The second kappa shape index (κ2) is 7.18. The molecule has 0 aliphatic carbocycles. The van der Waals surface area contributed by atoms with E-state index in [1.807, 2.05) is 0 Å². The Morgan fingerprint density at radius 3 is 2.94 bits per heavy atom. The van der Waals surface area contributed by atoms with Crippen molar-refractivity contribution in [2.75, 3.05) is 19.6 Å². The van der Waals surface area contributed by atoms with Crippen LogP contribution in [-0.4, -0.2) is 36.7 Å². The van der Waals surface area contributed by atoms with Crippen LogP contribution in [0.15, 0.2) is 18.2 Å². The van der Waals surface area contributed by atoms with Crippen LogP contribution in [0.5, 0.6) is 5.75 Å². The van der Waals surface area contributed by atoms with Gasteiger partial charge in [0.25, 0.3) is 5.91 Å². The predicted octanol–water partition coefficient (Wildman–Crippen LogP) is 1.90. The molecule has 0 aliphatic heterocycles. The molecule has 0 fully saturated rings. The van der Waals surface area contributed by atoms with Gasteiger partial charge in [-0.05, 0) is 24.6 Å². The van der Waals surface area contributed by atoms with Gasteiger partial charge in [0.15, 0.2) is 0 Å². The average Bonchev–Trinajstić information content (AvgIpc) is 2.33. The number of hydrogen-bond donors (Lipinski definition) is 2. The molecule has 18 heavy (non-hydrogen) atoms. The summed E-state index contributed by atoms with van der Waals surface area (Å²) in [5.74, 6) is -1.04. The molecule has 0 spiro atoms. The van der Waals surface area contributed by atoms with E-state index in [1.54, 1.807) is 0 Å². The van der Waals surface area contributed by atoms with E-state index < -0.39 is 11.7 Å². The lowest BCUT2D eigenvalue weighted by molar-refractivity contribution is 0.0892. The predicted molar refractivity (Wildman–Crippen MR) is 66.5 cm³/mol. The summed E-state index contributed by atoms with van der Waals surface area (Å²) in [6.07, 6.45) is 0.525. The fourth-order valence-corrected chi connectivity index (χ4v) is 1.75. The van der Waals surface area contributed by atoms with Gasteiger partial charge in [-0.1, -0.05) is 0 Å². The van der Waals surface area contributed by atoms with Gasteiger partial charge >= 0.3 is 0 Å². The Balaban J connectivity index is 2.76. The molecule has 6 heteroatoms. The Kier molecular flexibility index (Phi) is 5.88. The van der Waals surface area contributed by atoms with Gasteiger partial charge in [-0.3, -0.25) is 4.79 Å². The SMILES string of the molecule is COCC(CCCl)NC(=O)c1cc(F)ccc1O. The number of carbonyl (C=O) groups excluding carboxylic acids is 1. The van der Waals surface area contributed by atoms with E-state index in [2.05, 4.69) is 5.32 Å². The Bertz CT molecular complexity index is 408. The highest BCUT2D eigenvalue weighted by atomic mass is 35.5. The Labute approximate surface area is 110 Å². The number of amides is 1. The van der Waals surface area contributed by atoms with Crippen molar-refractivity contribution in [2.24, 2.45) is 0 Å². The summed E-state index contributed by atoms with van der Waals surface area (Å²) in [6.45, 7) is 0.300. The zero-order valence-corrected chi connectivity index (χ0v) is 10.7. The summed E-state index contributed by atoms with van der Waals surface area (Å²) in [7, 11) is 1.51. The van der Waals surface area contributed by atoms with Crippen LogP contribution in [-0.2, 0) is 4.74 Å². The maximum atomic E-state index is 13.0. The number of halogens is 2. The maximum Gasteiger partial charge on any atom is 0.255 e. The zero-order chi connectivity index (χ0) is 13.5. The van der Waals surface area contributed by atoms with Crippen LogP contribution < -0.4 is 5.32 Å². The minimum atomic E-state index is -0.585. The van der Waals surface area contributed by atoms with Gasteiger partial charge in [0.05, 0.1) is 18.2 Å². The van der Waals surface area contributed by atoms with Crippen LogP contribution in [0.4, 0.5) is 4.39 Å². The van der Waals surface area contributed by atoms with Crippen LogP contribution in [0.3, 0.4) is 0 Å². The van der Waals surface area contributed by atoms with E-state index in [9.17, 15) is 14.3 Å². The lowest BCUT2D eigenvalue weighted by atomic mass is 10.1. The van der Waals surface area contributed by atoms with Crippen LogP contribution >= 0.6 is 11.6 Å². The van der Waals surface area contributed by atoms with Gasteiger partial charge in [0, 0.05) is 13.0 Å². The number of rotatable bonds is 6. The summed E-state index contributed by atoms with van der Waals surface area (Å²) >= 11 is 5.60. The molecule has 1 rings (SSSR count). The van der Waals surface area contributed by atoms with Crippen LogP contribution in [0.1, 0.15) is 16.8 Å². The molecule has 0 radical (unpaired) electrons. The first kappa shape index (κ1) is 14.7. The van der Waals surface area contributed by atoms with Crippen LogP contribution in [0.2, 0.25) is 0 Å². The molecule has 4 nitrogen and oxygen atoms in total. The number of phenolic OH excluding ortho intramolecular Hbond substituents is 1. The molecule has 1 atom stereocenters. The number of methoxy groups -OCH3 is 1. The van der Waals surface area contributed by atoms with Crippen molar-refractivity contribution in [3.8, 4) is 5.75 Å². The number of ether oxygens (including phenoxy) is 1. The minimum Gasteiger partial charge on any atom is -0.507 e. The summed E-state index contributed by atoms with van der Waals surface area (Å²) < 4.78 is 17.9. The molecule has 1 aromatic rings. The van der Waals surface area contributed by atoms with Crippen LogP contribution in [0.25, 0.3) is 0 Å². The zero-order valence-electron chi connectivity index (χ0n) is 9.95. The highest BCUT2D eigenvalue weighted by Gasteiger charge is 2.16. The van der Waals surface area contributed by atoms with Crippen molar-refractivity contribution >= 4 is 17.5 Å². The molecule has 0 heterocycles. The van der Waals surface area contributed by atoms with E-state index >= 15 is 0 Å². The fourth-order valence-electron chi connectivity index (χ4n) is 1.48. The van der Waals surface area contributed by atoms with Gasteiger partial charge < -0.3 is 15.2 Å². The number of hydrogen-bond acceptors (Lipinski definition) is 3. The largest absolute Gasteiger partial charge is 0.507 e. The normalized spacial score (nSPS) is 12.2.